The third-order valence-corrected chi connectivity index (χ3v) is 6.09. The van der Waals surface area contributed by atoms with Crippen molar-refractivity contribution in [1.29, 1.82) is 0 Å². The van der Waals surface area contributed by atoms with E-state index in [2.05, 4.69) is 5.32 Å². The number of halogens is 1. The monoisotopic (exact) mass is 478 g/mol. The minimum atomic E-state index is -0.314. The molecule has 2 amide bonds. The molecule has 1 N–H and O–H groups in total. The molecule has 0 aliphatic carbocycles. The molecule has 0 fully saturated rings. The van der Waals surface area contributed by atoms with E-state index < -0.39 is 0 Å². The van der Waals surface area contributed by atoms with Crippen LogP contribution in [-0.2, 0) is 17.8 Å². The fraction of sp³-hybridized carbons (Fsp3) is 0.357. The number of nitrogens with one attached hydrogen (secondary N) is 1. The Kier molecular flexibility index (Phi) is 7.54. The van der Waals surface area contributed by atoms with Crippen LogP contribution in [0.25, 0.3) is 0 Å². The van der Waals surface area contributed by atoms with Gasteiger partial charge in [0, 0.05) is 19.5 Å². The summed E-state index contributed by atoms with van der Waals surface area (Å²) >= 11 is 0. The first kappa shape index (κ1) is 24.5. The molecule has 2 heterocycles. The predicted octanol–water partition coefficient (Wildman–Crippen LogP) is 5.27. The lowest BCUT2D eigenvalue weighted by atomic mass is 9.87. The molecule has 6 nitrogen and oxygen atoms in total. The van der Waals surface area contributed by atoms with Gasteiger partial charge in [0.15, 0.2) is 5.76 Å². The van der Waals surface area contributed by atoms with Crippen LogP contribution < -0.4 is 10.1 Å². The van der Waals surface area contributed by atoms with Crippen LogP contribution in [0.2, 0.25) is 0 Å². The van der Waals surface area contributed by atoms with Gasteiger partial charge < -0.3 is 19.4 Å². The molecular weight excluding hydrogens is 447 g/mol. The first-order valence-electron chi connectivity index (χ1n) is 12.0. The largest absolute Gasteiger partial charge is 0.486 e. The molecule has 1 aliphatic rings. The quantitative estimate of drug-likeness (QED) is 0.479. The predicted molar refractivity (Wildman–Crippen MR) is 131 cm³/mol. The van der Waals surface area contributed by atoms with Gasteiger partial charge in [-0.3, -0.25) is 9.59 Å². The van der Waals surface area contributed by atoms with Crippen LogP contribution in [-0.4, -0.2) is 29.8 Å². The Hall–Kier alpha value is -3.61. The Morgan fingerprint density at radius 2 is 1.91 bits per heavy atom. The van der Waals surface area contributed by atoms with E-state index in [-0.39, 0.29) is 36.0 Å². The Bertz CT molecular complexity index is 1190. The summed E-state index contributed by atoms with van der Waals surface area (Å²) in [5.41, 5.74) is 2.96. The van der Waals surface area contributed by atoms with E-state index in [4.69, 9.17) is 9.15 Å². The molecule has 0 saturated heterocycles. The zero-order valence-electron chi connectivity index (χ0n) is 20.3. The van der Waals surface area contributed by atoms with Gasteiger partial charge in [0.2, 0.25) is 5.91 Å². The fourth-order valence-corrected chi connectivity index (χ4v) is 4.28. The SMILES string of the molecule is CCC(=O)N1CCc2ccc(OCc3ccc(C(=O)NCC(C)C)o3)cc2C1c1ccc(F)cc1. The highest BCUT2D eigenvalue weighted by atomic mass is 19.1. The van der Waals surface area contributed by atoms with Gasteiger partial charge in [-0.1, -0.05) is 39.0 Å². The van der Waals surface area contributed by atoms with Crippen molar-refractivity contribution in [3.63, 3.8) is 0 Å². The van der Waals surface area contributed by atoms with Crippen molar-refractivity contribution in [1.82, 2.24) is 10.2 Å². The summed E-state index contributed by atoms with van der Waals surface area (Å²) in [6, 6.07) is 15.2. The number of benzene rings is 2. The van der Waals surface area contributed by atoms with E-state index in [1.807, 2.05) is 43.9 Å². The highest BCUT2D eigenvalue weighted by Gasteiger charge is 2.31. The zero-order chi connectivity index (χ0) is 24.9. The number of amides is 2. The summed E-state index contributed by atoms with van der Waals surface area (Å²) < 4.78 is 25.2. The van der Waals surface area contributed by atoms with E-state index in [0.29, 0.717) is 36.9 Å². The highest BCUT2D eigenvalue weighted by molar-refractivity contribution is 5.91. The topological polar surface area (TPSA) is 71.8 Å². The van der Waals surface area contributed by atoms with Crippen LogP contribution >= 0.6 is 0 Å². The third-order valence-electron chi connectivity index (χ3n) is 6.09. The van der Waals surface area contributed by atoms with Crippen LogP contribution in [0.5, 0.6) is 5.75 Å². The summed E-state index contributed by atoms with van der Waals surface area (Å²) in [6.07, 6.45) is 1.14. The molecule has 7 heteroatoms. The second kappa shape index (κ2) is 10.8. The second-order valence-electron chi connectivity index (χ2n) is 9.16. The van der Waals surface area contributed by atoms with Gasteiger partial charge in [0.05, 0.1) is 6.04 Å². The maximum Gasteiger partial charge on any atom is 0.287 e. The van der Waals surface area contributed by atoms with Crippen LogP contribution in [0.1, 0.15) is 66.2 Å². The fourth-order valence-electron chi connectivity index (χ4n) is 4.28. The number of carbonyl (C=O) groups excluding carboxylic acids is 2. The smallest absolute Gasteiger partial charge is 0.287 e. The average molecular weight is 479 g/mol. The normalized spacial score (nSPS) is 15.1. The number of ether oxygens (including phenoxy) is 1. The lowest BCUT2D eigenvalue weighted by Crippen LogP contribution is -2.40. The lowest BCUT2D eigenvalue weighted by molar-refractivity contribution is -0.132. The Morgan fingerprint density at radius 3 is 2.63 bits per heavy atom. The molecule has 2 aromatic carbocycles. The van der Waals surface area contributed by atoms with Crippen molar-refractivity contribution in [3.05, 3.63) is 88.6 Å². The van der Waals surface area contributed by atoms with Crippen LogP contribution in [0, 0.1) is 11.7 Å². The molecule has 1 atom stereocenters. The first-order valence-corrected chi connectivity index (χ1v) is 12.0. The Morgan fingerprint density at radius 1 is 1.14 bits per heavy atom. The van der Waals surface area contributed by atoms with Gasteiger partial charge >= 0.3 is 0 Å². The van der Waals surface area contributed by atoms with Crippen molar-refractivity contribution in [2.45, 2.75) is 46.3 Å². The molecule has 0 bridgehead atoms. The summed E-state index contributed by atoms with van der Waals surface area (Å²) in [5, 5.41) is 2.83. The average Bonchev–Trinajstić information content (AvgIpc) is 3.34. The van der Waals surface area contributed by atoms with Crippen LogP contribution in [0.3, 0.4) is 0 Å². The maximum absolute atomic E-state index is 13.6. The van der Waals surface area contributed by atoms with Gasteiger partial charge in [-0.2, -0.15) is 0 Å². The number of furan rings is 1. The van der Waals surface area contributed by atoms with Crippen molar-refractivity contribution >= 4 is 11.8 Å². The number of rotatable bonds is 8. The molecule has 0 saturated carbocycles. The molecule has 3 aromatic rings. The molecule has 1 aromatic heterocycles. The van der Waals surface area contributed by atoms with Crippen molar-refractivity contribution in [2.75, 3.05) is 13.1 Å². The Labute approximate surface area is 205 Å². The summed E-state index contributed by atoms with van der Waals surface area (Å²) in [4.78, 5) is 26.8. The van der Waals surface area contributed by atoms with Gasteiger partial charge in [-0.05, 0) is 65.4 Å². The molecule has 0 spiro atoms. The number of nitrogens with zero attached hydrogens (tertiary/aromatic N) is 1. The molecule has 0 radical (unpaired) electrons. The first-order chi connectivity index (χ1) is 16.9. The molecule has 35 heavy (non-hydrogen) atoms. The molecular formula is C28H31FN2O4. The third kappa shape index (κ3) is 5.73. The Balaban J connectivity index is 1.53. The summed E-state index contributed by atoms with van der Waals surface area (Å²) in [6.45, 7) is 7.24. The van der Waals surface area contributed by atoms with Crippen molar-refractivity contribution < 1.29 is 23.1 Å². The van der Waals surface area contributed by atoms with Crippen LogP contribution in [0.4, 0.5) is 4.39 Å². The van der Waals surface area contributed by atoms with Gasteiger partial charge in [-0.25, -0.2) is 4.39 Å². The van der Waals surface area contributed by atoms with Crippen molar-refractivity contribution in [3.8, 4) is 5.75 Å². The number of fused-ring (bicyclic) bond motifs is 1. The zero-order valence-corrected chi connectivity index (χ0v) is 20.3. The number of hydrogen-bond acceptors (Lipinski definition) is 4. The van der Waals surface area contributed by atoms with Gasteiger partial charge in [0.1, 0.15) is 23.9 Å². The van der Waals surface area contributed by atoms with E-state index >= 15 is 0 Å². The number of carbonyl (C=O) groups is 2. The summed E-state index contributed by atoms with van der Waals surface area (Å²) in [7, 11) is 0. The maximum atomic E-state index is 13.6. The lowest BCUT2D eigenvalue weighted by Gasteiger charge is -2.38. The van der Waals surface area contributed by atoms with E-state index in [1.54, 1.807) is 24.3 Å². The standard InChI is InChI=1S/C28H31FN2O4/c1-4-26(32)31-14-13-19-7-10-22(15-24(19)27(31)20-5-8-21(29)9-6-20)34-17-23-11-12-25(35-23)28(33)30-16-18(2)3/h5-12,15,18,27H,4,13-14,16-17H2,1-3H3,(H,30,33). The van der Waals surface area contributed by atoms with E-state index in [1.165, 1.54) is 12.1 Å². The summed E-state index contributed by atoms with van der Waals surface area (Å²) in [5.74, 6) is 1.25. The second-order valence-corrected chi connectivity index (χ2v) is 9.16. The molecule has 4 rings (SSSR count). The van der Waals surface area contributed by atoms with Crippen molar-refractivity contribution in [2.24, 2.45) is 5.92 Å². The minimum absolute atomic E-state index is 0.0511. The van der Waals surface area contributed by atoms with E-state index in [9.17, 15) is 14.0 Å². The molecule has 1 aliphatic heterocycles. The highest BCUT2D eigenvalue weighted by Crippen LogP contribution is 2.37. The minimum Gasteiger partial charge on any atom is -0.486 e. The number of hydrogen-bond donors (Lipinski definition) is 1. The van der Waals surface area contributed by atoms with Gasteiger partial charge in [0.25, 0.3) is 5.91 Å². The van der Waals surface area contributed by atoms with E-state index in [0.717, 1.165) is 23.1 Å². The van der Waals surface area contributed by atoms with Gasteiger partial charge in [-0.15, -0.1) is 0 Å². The molecule has 1 unspecified atom stereocenters. The van der Waals surface area contributed by atoms with Crippen LogP contribution in [0.15, 0.2) is 59.0 Å². The molecule has 184 valence electrons.